The molecule has 1 N–H and O–H groups in total. The standard InChI is InChI=1S/C17H24INO/c1-17(2,3)14-6-4-5-7-15(14)19-16(20)12-8-10-13(18)11-9-12/h8-11,14-15H,4-7H2,1-3H3,(H,19,20). The largest absolute Gasteiger partial charge is 0.349 e. The van der Waals surface area contributed by atoms with Crippen LogP contribution in [-0.4, -0.2) is 11.9 Å². The van der Waals surface area contributed by atoms with Crippen molar-refractivity contribution in [2.24, 2.45) is 11.3 Å². The van der Waals surface area contributed by atoms with Crippen LogP contribution in [-0.2, 0) is 0 Å². The maximum Gasteiger partial charge on any atom is 0.251 e. The zero-order valence-corrected chi connectivity index (χ0v) is 14.7. The van der Waals surface area contributed by atoms with Crippen molar-refractivity contribution >= 4 is 28.5 Å². The van der Waals surface area contributed by atoms with Gasteiger partial charge in [-0.3, -0.25) is 4.79 Å². The van der Waals surface area contributed by atoms with Crippen LogP contribution < -0.4 is 5.32 Å². The molecular weight excluding hydrogens is 361 g/mol. The van der Waals surface area contributed by atoms with Gasteiger partial charge in [0.05, 0.1) is 0 Å². The van der Waals surface area contributed by atoms with E-state index < -0.39 is 0 Å². The molecule has 2 atom stereocenters. The molecule has 1 saturated carbocycles. The van der Waals surface area contributed by atoms with Crippen LogP contribution in [0.25, 0.3) is 0 Å². The smallest absolute Gasteiger partial charge is 0.251 e. The van der Waals surface area contributed by atoms with Gasteiger partial charge in [-0.2, -0.15) is 0 Å². The minimum atomic E-state index is 0.0718. The first-order chi connectivity index (χ1) is 9.38. The van der Waals surface area contributed by atoms with E-state index in [9.17, 15) is 4.79 Å². The van der Waals surface area contributed by atoms with Gasteiger partial charge in [-0.05, 0) is 71.0 Å². The monoisotopic (exact) mass is 385 g/mol. The molecule has 0 saturated heterocycles. The Morgan fingerprint density at radius 1 is 1.15 bits per heavy atom. The van der Waals surface area contributed by atoms with Crippen LogP contribution >= 0.6 is 22.6 Å². The molecule has 20 heavy (non-hydrogen) atoms. The van der Waals surface area contributed by atoms with Crippen LogP contribution in [0.5, 0.6) is 0 Å². The molecular formula is C17H24INO. The third kappa shape index (κ3) is 3.96. The second kappa shape index (κ2) is 6.46. The van der Waals surface area contributed by atoms with Gasteiger partial charge in [0, 0.05) is 15.2 Å². The normalized spacial score (nSPS) is 23.4. The summed E-state index contributed by atoms with van der Waals surface area (Å²) in [6.45, 7) is 6.85. The second-order valence-electron chi connectivity index (χ2n) is 6.84. The lowest BCUT2D eigenvalue weighted by Gasteiger charge is -2.40. The summed E-state index contributed by atoms with van der Waals surface area (Å²) in [6, 6.07) is 8.10. The molecule has 0 spiro atoms. The molecule has 1 aliphatic rings. The quantitative estimate of drug-likeness (QED) is 0.740. The van der Waals surface area contributed by atoms with E-state index in [4.69, 9.17) is 0 Å². The highest BCUT2D eigenvalue weighted by Gasteiger charge is 2.34. The molecule has 110 valence electrons. The summed E-state index contributed by atoms with van der Waals surface area (Å²) in [5.41, 5.74) is 1.02. The van der Waals surface area contributed by atoms with Gasteiger partial charge < -0.3 is 5.32 Å². The zero-order valence-electron chi connectivity index (χ0n) is 12.6. The van der Waals surface area contributed by atoms with E-state index >= 15 is 0 Å². The van der Waals surface area contributed by atoms with E-state index in [1.165, 1.54) is 19.3 Å². The summed E-state index contributed by atoms with van der Waals surface area (Å²) in [6.07, 6.45) is 4.85. The second-order valence-corrected chi connectivity index (χ2v) is 8.09. The van der Waals surface area contributed by atoms with E-state index in [1.807, 2.05) is 24.3 Å². The topological polar surface area (TPSA) is 29.1 Å². The fourth-order valence-electron chi connectivity index (χ4n) is 3.19. The first kappa shape index (κ1) is 15.8. The van der Waals surface area contributed by atoms with Crippen molar-refractivity contribution in [1.29, 1.82) is 0 Å². The highest BCUT2D eigenvalue weighted by molar-refractivity contribution is 14.1. The summed E-state index contributed by atoms with van der Waals surface area (Å²) in [4.78, 5) is 12.4. The van der Waals surface area contributed by atoms with E-state index in [0.29, 0.717) is 12.0 Å². The van der Waals surface area contributed by atoms with Crippen molar-refractivity contribution < 1.29 is 4.79 Å². The van der Waals surface area contributed by atoms with Gasteiger partial charge in [0.1, 0.15) is 0 Å². The number of benzene rings is 1. The average Bonchev–Trinajstić information content (AvgIpc) is 2.38. The van der Waals surface area contributed by atoms with Crippen molar-refractivity contribution in [3.8, 4) is 0 Å². The average molecular weight is 385 g/mol. The molecule has 0 heterocycles. The minimum Gasteiger partial charge on any atom is -0.349 e. The van der Waals surface area contributed by atoms with Gasteiger partial charge in [-0.25, -0.2) is 0 Å². The van der Waals surface area contributed by atoms with Gasteiger partial charge in [-0.15, -0.1) is 0 Å². The fraction of sp³-hybridized carbons (Fsp3) is 0.588. The van der Waals surface area contributed by atoms with Gasteiger partial charge in [-0.1, -0.05) is 33.6 Å². The predicted octanol–water partition coefficient (Wildman–Crippen LogP) is 4.63. The molecule has 0 aromatic heterocycles. The Morgan fingerprint density at radius 2 is 1.75 bits per heavy atom. The predicted molar refractivity (Wildman–Crippen MR) is 91.8 cm³/mol. The van der Waals surface area contributed by atoms with Crippen molar-refractivity contribution in [1.82, 2.24) is 5.32 Å². The van der Waals surface area contributed by atoms with Gasteiger partial charge in [0.2, 0.25) is 0 Å². The lowest BCUT2D eigenvalue weighted by molar-refractivity contribution is 0.0830. The molecule has 2 rings (SSSR count). The van der Waals surface area contributed by atoms with Crippen molar-refractivity contribution in [2.45, 2.75) is 52.5 Å². The van der Waals surface area contributed by atoms with E-state index in [0.717, 1.165) is 15.6 Å². The fourth-order valence-corrected chi connectivity index (χ4v) is 3.55. The van der Waals surface area contributed by atoms with Gasteiger partial charge in [0.25, 0.3) is 5.91 Å². The van der Waals surface area contributed by atoms with E-state index in [-0.39, 0.29) is 11.3 Å². The number of amides is 1. The Kier molecular flexibility index (Phi) is 5.10. The highest BCUT2D eigenvalue weighted by atomic mass is 127. The van der Waals surface area contributed by atoms with Crippen LogP contribution in [0.15, 0.2) is 24.3 Å². The first-order valence-corrected chi connectivity index (χ1v) is 8.52. The molecule has 1 aromatic carbocycles. The third-order valence-electron chi connectivity index (χ3n) is 4.30. The number of hydrogen-bond acceptors (Lipinski definition) is 1. The Bertz CT molecular complexity index is 461. The van der Waals surface area contributed by atoms with Gasteiger partial charge >= 0.3 is 0 Å². The maximum atomic E-state index is 12.4. The van der Waals surface area contributed by atoms with Crippen molar-refractivity contribution in [2.75, 3.05) is 0 Å². The number of carbonyl (C=O) groups is 1. The van der Waals surface area contributed by atoms with Crippen LogP contribution in [0.3, 0.4) is 0 Å². The lowest BCUT2D eigenvalue weighted by atomic mass is 9.69. The van der Waals surface area contributed by atoms with Crippen LogP contribution in [0, 0.1) is 14.9 Å². The number of carbonyl (C=O) groups excluding carboxylic acids is 1. The Hall–Kier alpha value is -0.580. The third-order valence-corrected chi connectivity index (χ3v) is 5.02. The van der Waals surface area contributed by atoms with Crippen LogP contribution in [0.2, 0.25) is 0 Å². The SMILES string of the molecule is CC(C)(C)C1CCCCC1NC(=O)c1ccc(I)cc1. The van der Waals surface area contributed by atoms with Gasteiger partial charge in [0.15, 0.2) is 0 Å². The van der Waals surface area contributed by atoms with Crippen molar-refractivity contribution in [3.63, 3.8) is 0 Å². The van der Waals surface area contributed by atoms with E-state index in [2.05, 4.69) is 48.7 Å². The summed E-state index contributed by atoms with van der Waals surface area (Å²) >= 11 is 2.26. The molecule has 0 radical (unpaired) electrons. The molecule has 1 aromatic rings. The summed E-state index contributed by atoms with van der Waals surface area (Å²) in [7, 11) is 0. The van der Waals surface area contributed by atoms with Crippen molar-refractivity contribution in [3.05, 3.63) is 33.4 Å². The molecule has 2 unspecified atom stereocenters. The lowest BCUT2D eigenvalue weighted by Crippen LogP contribution is -2.46. The first-order valence-electron chi connectivity index (χ1n) is 7.44. The minimum absolute atomic E-state index is 0.0718. The Morgan fingerprint density at radius 3 is 2.35 bits per heavy atom. The van der Waals surface area contributed by atoms with Crippen LogP contribution in [0.1, 0.15) is 56.8 Å². The molecule has 1 aliphatic carbocycles. The number of halogens is 1. The number of nitrogens with one attached hydrogen (secondary N) is 1. The number of hydrogen-bond donors (Lipinski definition) is 1. The highest BCUT2D eigenvalue weighted by Crippen LogP contribution is 2.38. The maximum absolute atomic E-state index is 12.4. The van der Waals surface area contributed by atoms with Crippen LogP contribution in [0.4, 0.5) is 0 Å². The summed E-state index contributed by atoms with van der Waals surface area (Å²) < 4.78 is 1.16. The Balaban J connectivity index is 2.07. The Labute approximate surface area is 135 Å². The molecule has 1 amide bonds. The summed E-state index contributed by atoms with van der Waals surface area (Å²) in [5, 5.41) is 3.27. The molecule has 2 nitrogen and oxygen atoms in total. The zero-order chi connectivity index (χ0) is 14.8. The summed E-state index contributed by atoms with van der Waals surface area (Å²) in [5.74, 6) is 0.645. The van der Waals surface area contributed by atoms with E-state index in [1.54, 1.807) is 0 Å². The number of rotatable bonds is 2. The molecule has 1 fully saturated rings. The molecule has 0 bridgehead atoms. The molecule has 3 heteroatoms. The molecule has 0 aliphatic heterocycles.